The number of anilines is 1. The van der Waals surface area contributed by atoms with Gasteiger partial charge in [0.2, 0.25) is 5.84 Å². The van der Waals surface area contributed by atoms with E-state index in [-0.39, 0.29) is 5.82 Å². The van der Waals surface area contributed by atoms with Crippen LogP contribution < -0.4 is 5.73 Å². The van der Waals surface area contributed by atoms with Gasteiger partial charge in [0.15, 0.2) is 11.5 Å². The van der Waals surface area contributed by atoms with E-state index < -0.39 is 0 Å². The summed E-state index contributed by atoms with van der Waals surface area (Å²) in [5.41, 5.74) is 5.80. The molecule has 0 aliphatic carbocycles. The molecule has 1 saturated heterocycles. The Labute approximate surface area is 80.1 Å². The molecule has 1 fully saturated rings. The first kappa shape index (κ1) is 8.79. The molecule has 3 N–H and O–H groups in total. The van der Waals surface area contributed by atoms with Crippen LogP contribution in [-0.4, -0.2) is 39.3 Å². The van der Waals surface area contributed by atoms with Crippen LogP contribution in [-0.2, 0) is 0 Å². The van der Waals surface area contributed by atoms with E-state index in [1.54, 1.807) is 0 Å². The molecule has 1 aromatic rings. The van der Waals surface area contributed by atoms with Crippen molar-refractivity contribution in [1.29, 1.82) is 0 Å². The zero-order chi connectivity index (χ0) is 9.97. The van der Waals surface area contributed by atoms with Crippen LogP contribution in [0.1, 0.15) is 18.5 Å². The van der Waals surface area contributed by atoms with Crippen LogP contribution in [0.2, 0.25) is 0 Å². The molecule has 76 valence electrons. The fraction of sp³-hybridized carbons (Fsp3) is 0.571. The fourth-order valence-electron chi connectivity index (χ4n) is 1.54. The van der Waals surface area contributed by atoms with Crippen LogP contribution >= 0.6 is 0 Å². The first-order valence-electron chi connectivity index (χ1n) is 4.38. The minimum Gasteiger partial charge on any atom is -0.409 e. The number of rotatable bonds is 1. The Hall–Kier alpha value is -1.79. The van der Waals surface area contributed by atoms with Crippen LogP contribution in [0.4, 0.5) is 5.82 Å². The molecule has 2 rings (SSSR count). The highest BCUT2D eigenvalue weighted by Crippen LogP contribution is 2.15. The van der Waals surface area contributed by atoms with E-state index in [1.807, 2.05) is 4.90 Å². The second-order valence-corrected chi connectivity index (χ2v) is 3.12. The van der Waals surface area contributed by atoms with Gasteiger partial charge in [-0.15, -0.1) is 0 Å². The molecular weight excluding hydrogens is 186 g/mol. The smallest absolute Gasteiger partial charge is 0.201 e. The van der Waals surface area contributed by atoms with Gasteiger partial charge in [0.25, 0.3) is 0 Å². The van der Waals surface area contributed by atoms with E-state index in [9.17, 15) is 0 Å². The third-order valence-electron chi connectivity index (χ3n) is 2.23. The van der Waals surface area contributed by atoms with Gasteiger partial charge in [-0.2, -0.15) is 0 Å². The van der Waals surface area contributed by atoms with Gasteiger partial charge < -0.3 is 15.8 Å². The molecule has 0 atom stereocenters. The lowest BCUT2D eigenvalue weighted by Crippen LogP contribution is -2.29. The lowest BCUT2D eigenvalue weighted by Gasteiger charge is -2.15. The van der Waals surface area contributed by atoms with E-state index in [0.717, 1.165) is 25.9 Å². The Balaban J connectivity index is 2.26. The number of nitrogen functional groups attached to an aromatic ring is 1. The average Bonchev–Trinajstić information content (AvgIpc) is 2.80. The Bertz CT molecular complexity index is 342. The first-order valence-corrected chi connectivity index (χ1v) is 4.38. The topological polar surface area (TPSA) is 101 Å². The fourth-order valence-corrected chi connectivity index (χ4v) is 1.54. The molecule has 0 radical (unpaired) electrons. The molecule has 0 spiro atoms. The summed E-state index contributed by atoms with van der Waals surface area (Å²) in [5.74, 6) is 0.478. The van der Waals surface area contributed by atoms with Crippen molar-refractivity contribution in [3.05, 3.63) is 5.69 Å². The third kappa shape index (κ3) is 1.36. The van der Waals surface area contributed by atoms with Gasteiger partial charge in [0, 0.05) is 13.1 Å². The summed E-state index contributed by atoms with van der Waals surface area (Å²) in [4.78, 5) is 1.90. The number of aromatic nitrogens is 2. The maximum atomic E-state index is 8.86. The minimum atomic E-state index is 0.143. The molecule has 7 heteroatoms. The van der Waals surface area contributed by atoms with Gasteiger partial charge in [-0.1, -0.05) is 5.16 Å². The summed E-state index contributed by atoms with van der Waals surface area (Å²) < 4.78 is 4.44. The predicted molar refractivity (Wildman–Crippen MR) is 47.8 cm³/mol. The maximum absolute atomic E-state index is 8.86. The van der Waals surface area contributed by atoms with Gasteiger partial charge >= 0.3 is 0 Å². The van der Waals surface area contributed by atoms with Gasteiger partial charge in [0.1, 0.15) is 0 Å². The van der Waals surface area contributed by atoms with Crippen molar-refractivity contribution in [3.63, 3.8) is 0 Å². The van der Waals surface area contributed by atoms with Crippen LogP contribution in [0.5, 0.6) is 0 Å². The molecule has 1 aliphatic heterocycles. The van der Waals surface area contributed by atoms with Crippen molar-refractivity contribution in [2.45, 2.75) is 12.8 Å². The summed E-state index contributed by atoms with van der Waals surface area (Å²) in [6, 6.07) is 0. The minimum absolute atomic E-state index is 0.143. The SMILES string of the molecule is Nc1nonc1/C(=N\O)N1CCCC1. The Kier molecular flexibility index (Phi) is 2.21. The van der Waals surface area contributed by atoms with Crippen molar-refractivity contribution < 1.29 is 9.84 Å². The van der Waals surface area contributed by atoms with Gasteiger partial charge in [-0.05, 0) is 23.2 Å². The third-order valence-corrected chi connectivity index (χ3v) is 2.23. The molecule has 0 amide bonds. The zero-order valence-corrected chi connectivity index (χ0v) is 7.55. The lowest BCUT2D eigenvalue weighted by molar-refractivity contribution is 0.297. The molecule has 1 aliphatic rings. The standard InChI is InChI=1S/C7H11N5O2/c8-6-5(10-14-11-6)7(9-13)12-3-1-2-4-12/h13H,1-4H2,(H2,8,11)/b9-7+. The van der Waals surface area contributed by atoms with E-state index in [2.05, 4.69) is 20.1 Å². The van der Waals surface area contributed by atoms with E-state index >= 15 is 0 Å². The molecule has 7 nitrogen and oxygen atoms in total. The van der Waals surface area contributed by atoms with E-state index in [1.165, 1.54) is 0 Å². The first-order chi connectivity index (χ1) is 6.83. The highest BCUT2D eigenvalue weighted by Gasteiger charge is 2.23. The largest absolute Gasteiger partial charge is 0.409 e. The number of nitrogens with two attached hydrogens (primary N) is 1. The summed E-state index contributed by atoms with van der Waals surface area (Å²) in [7, 11) is 0. The molecule has 0 unspecified atom stereocenters. The van der Waals surface area contributed by atoms with Crippen LogP contribution in [0.15, 0.2) is 9.78 Å². The second kappa shape index (κ2) is 3.52. The van der Waals surface area contributed by atoms with Crippen molar-refractivity contribution >= 4 is 11.7 Å². The highest BCUT2D eigenvalue weighted by molar-refractivity contribution is 6.00. The average molecular weight is 197 g/mol. The lowest BCUT2D eigenvalue weighted by atomic mass is 10.3. The number of nitrogens with zero attached hydrogens (tertiary/aromatic N) is 4. The molecular formula is C7H11N5O2. The molecule has 2 heterocycles. The van der Waals surface area contributed by atoms with Crippen LogP contribution in [0.3, 0.4) is 0 Å². The maximum Gasteiger partial charge on any atom is 0.201 e. The van der Waals surface area contributed by atoms with Crippen LogP contribution in [0.25, 0.3) is 0 Å². The van der Waals surface area contributed by atoms with E-state index in [0.29, 0.717) is 11.5 Å². The summed E-state index contributed by atoms with van der Waals surface area (Å²) >= 11 is 0. The molecule has 1 aromatic heterocycles. The Morgan fingerprint density at radius 2 is 2.14 bits per heavy atom. The molecule has 0 aromatic carbocycles. The van der Waals surface area contributed by atoms with Gasteiger partial charge in [-0.25, -0.2) is 4.63 Å². The molecule has 0 saturated carbocycles. The van der Waals surface area contributed by atoms with Gasteiger partial charge in [0.05, 0.1) is 0 Å². The van der Waals surface area contributed by atoms with Crippen molar-refractivity contribution in [2.24, 2.45) is 5.16 Å². The van der Waals surface area contributed by atoms with Crippen molar-refractivity contribution in [3.8, 4) is 0 Å². The summed E-state index contributed by atoms with van der Waals surface area (Å²) in [6.45, 7) is 1.68. The number of likely N-dealkylation sites (tertiary alicyclic amines) is 1. The van der Waals surface area contributed by atoms with Gasteiger partial charge in [-0.3, -0.25) is 0 Å². The number of oxime groups is 1. The number of hydrogen-bond donors (Lipinski definition) is 2. The van der Waals surface area contributed by atoms with Crippen molar-refractivity contribution in [2.75, 3.05) is 18.8 Å². The second-order valence-electron chi connectivity index (χ2n) is 3.12. The van der Waals surface area contributed by atoms with E-state index in [4.69, 9.17) is 10.9 Å². The van der Waals surface area contributed by atoms with Crippen molar-refractivity contribution in [1.82, 2.24) is 15.2 Å². The Morgan fingerprint density at radius 3 is 2.64 bits per heavy atom. The quantitative estimate of drug-likeness (QED) is 0.282. The Morgan fingerprint density at radius 1 is 1.43 bits per heavy atom. The zero-order valence-electron chi connectivity index (χ0n) is 7.55. The predicted octanol–water partition coefficient (Wildman–Crippen LogP) is -0.117. The number of hydrogen-bond acceptors (Lipinski definition) is 6. The number of amidine groups is 1. The van der Waals surface area contributed by atoms with Crippen LogP contribution in [0, 0.1) is 0 Å². The summed E-state index contributed by atoms with van der Waals surface area (Å²) in [6.07, 6.45) is 2.15. The molecule has 14 heavy (non-hydrogen) atoms. The monoisotopic (exact) mass is 197 g/mol. The normalized spacial score (nSPS) is 17.7. The molecule has 0 bridgehead atoms. The highest BCUT2D eigenvalue weighted by atomic mass is 16.6. The summed E-state index contributed by atoms with van der Waals surface area (Å²) in [5, 5.41) is 19.1.